The van der Waals surface area contributed by atoms with E-state index in [1.807, 2.05) is 54.7 Å². The Morgan fingerprint density at radius 1 is 1.00 bits per heavy atom. The number of hydrogen-bond donors (Lipinski definition) is 0. The lowest BCUT2D eigenvalue weighted by Gasteiger charge is -2.50. The van der Waals surface area contributed by atoms with E-state index in [1.54, 1.807) is 7.11 Å². The van der Waals surface area contributed by atoms with Crippen molar-refractivity contribution in [2.24, 2.45) is 4.99 Å². The molecule has 0 radical (unpaired) electrons. The van der Waals surface area contributed by atoms with Crippen LogP contribution in [0.15, 0.2) is 71.7 Å². The van der Waals surface area contributed by atoms with Gasteiger partial charge in [0.1, 0.15) is 5.75 Å². The van der Waals surface area contributed by atoms with Gasteiger partial charge in [0.15, 0.2) is 11.5 Å². The molecule has 172 valence electrons. The molecular weight excluding hydrogens is 408 g/mol. The minimum atomic E-state index is 0.157. The van der Waals surface area contributed by atoms with Gasteiger partial charge in [-0.1, -0.05) is 25.1 Å². The van der Waals surface area contributed by atoms with Gasteiger partial charge in [-0.25, -0.2) is 0 Å². The van der Waals surface area contributed by atoms with Crippen LogP contribution < -0.4 is 14.4 Å². The van der Waals surface area contributed by atoms with Crippen LogP contribution in [-0.2, 0) is 0 Å². The number of fused-ring (bicyclic) bond motifs is 1. The second-order valence-electron chi connectivity index (χ2n) is 9.70. The quantitative estimate of drug-likeness (QED) is 0.366. The Hall–Kier alpha value is -3.27. The molecule has 1 atom stereocenters. The van der Waals surface area contributed by atoms with Gasteiger partial charge in [-0.05, 0) is 99.7 Å². The summed E-state index contributed by atoms with van der Waals surface area (Å²) in [5.41, 5.74) is 4.93. The first-order valence-electron chi connectivity index (χ1n) is 11.7. The van der Waals surface area contributed by atoms with Crippen LogP contribution in [-0.4, -0.2) is 24.9 Å². The summed E-state index contributed by atoms with van der Waals surface area (Å²) in [7, 11) is 1.64. The zero-order valence-electron chi connectivity index (χ0n) is 20.5. The highest BCUT2D eigenvalue weighted by Crippen LogP contribution is 2.44. The number of nitrogens with zero attached hydrogens (tertiary/aromatic N) is 2. The normalized spacial score (nSPS) is 17.3. The van der Waals surface area contributed by atoms with Gasteiger partial charge < -0.3 is 14.4 Å². The Morgan fingerprint density at radius 3 is 2.36 bits per heavy atom. The van der Waals surface area contributed by atoms with Crippen LogP contribution in [0, 0.1) is 0 Å². The fourth-order valence-electron chi connectivity index (χ4n) is 5.11. The highest BCUT2D eigenvalue weighted by molar-refractivity contribution is 5.84. The fraction of sp³-hybridized carbons (Fsp3) is 0.345. The number of rotatable bonds is 6. The van der Waals surface area contributed by atoms with Crippen LogP contribution in [0.4, 0.5) is 11.4 Å². The Morgan fingerprint density at radius 2 is 1.70 bits per heavy atom. The maximum atomic E-state index is 5.96. The molecule has 0 fully saturated rings. The van der Waals surface area contributed by atoms with Crippen molar-refractivity contribution in [3.63, 3.8) is 0 Å². The molecule has 0 aromatic heterocycles. The Labute approximate surface area is 197 Å². The molecule has 0 amide bonds. The first-order chi connectivity index (χ1) is 15.8. The molecular formula is C29H34N2O2. The average molecular weight is 443 g/mol. The van der Waals surface area contributed by atoms with Gasteiger partial charge in [0.05, 0.1) is 12.8 Å². The van der Waals surface area contributed by atoms with Crippen molar-refractivity contribution < 1.29 is 9.47 Å². The molecule has 1 aliphatic rings. The number of para-hydroxylation sites is 2. The maximum absolute atomic E-state index is 5.96. The molecule has 0 bridgehead atoms. The van der Waals surface area contributed by atoms with Crippen molar-refractivity contribution in [2.75, 3.05) is 12.0 Å². The summed E-state index contributed by atoms with van der Waals surface area (Å²) in [4.78, 5) is 7.26. The van der Waals surface area contributed by atoms with Gasteiger partial charge in [-0.15, -0.1) is 0 Å². The number of methoxy groups -OCH3 is 1. The van der Waals surface area contributed by atoms with Crippen molar-refractivity contribution in [3.05, 3.63) is 77.9 Å². The third-order valence-corrected chi connectivity index (χ3v) is 6.31. The molecule has 1 heterocycles. The molecule has 0 spiro atoms. The minimum absolute atomic E-state index is 0.157. The van der Waals surface area contributed by atoms with E-state index in [0.29, 0.717) is 23.5 Å². The van der Waals surface area contributed by atoms with Gasteiger partial charge in [-0.2, -0.15) is 0 Å². The molecule has 3 aromatic rings. The van der Waals surface area contributed by atoms with E-state index in [1.165, 1.54) is 11.3 Å². The largest absolute Gasteiger partial charge is 0.493 e. The highest BCUT2D eigenvalue weighted by Gasteiger charge is 2.37. The van der Waals surface area contributed by atoms with Crippen molar-refractivity contribution >= 4 is 17.6 Å². The molecule has 4 rings (SSSR count). The minimum Gasteiger partial charge on any atom is -0.493 e. The lowest BCUT2D eigenvalue weighted by atomic mass is 9.79. The Balaban J connectivity index is 1.51. The summed E-state index contributed by atoms with van der Waals surface area (Å²) < 4.78 is 11.3. The van der Waals surface area contributed by atoms with Crippen LogP contribution in [0.2, 0.25) is 0 Å². The van der Waals surface area contributed by atoms with Gasteiger partial charge >= 0.3 is 0 Å². The number of anilines is 1. The summed E-state index contributed by atoms with van der Waals surface area (Å²) in [6.07, 6.45) is 3.09. The number of ether oxygens (including phenoxy) is 2. The van der Waals surface area contributed by atoms with E-state index < -0.39 is 0 Å². The molecule has 4 nitrogen and oxygen atoms in total. The average Bonchev–Trinajstić information content (AvgIpc) is 2.78. The molecule has 0 aliphatic carbocycles. The fourth-order valence-corrected chi connectivity index (χ4v) is 5.11. The predicted molar refractivity (Wildman–Crippen MR) is 138 cm³/mol. The van der Waals surface area contributed by atoms with Gasteiger partial charge in [-0.3, -0.25) is 4.99 Å². The zero-order valence-corrected chi connectivity index (χ0v) is 20.5. The molecule has 3 aromatic carbocycles. The van der Waals surface area contributed by atoms with Gasteiger partial charge in [0, 0.05) is 23.5 Å². The molecule has 0 saturated carbocycles. The number of benzene rings is 3. The first-order valence-corrected chi connectivity index (χ1v) is 11.7. The molecule has 0 unspecified atom stereocenters. The standard InChI is InChI=1S/C29H34N2O2/c1-20(2)31-26-16-11-22(17-25(26)21(3)18-29(31,4)5)19-30-23-12-14-24(15-13-23)33-28-10-8-7-9-27(28)32-6/h7-17,19-21H,18H2,1-6H3/t21-/m1/s1. The molecule has 0 saturated heterocycles. The van der Waals surface area contributed by atoms with Crippen molar-refractivity contribution in [3.8, 4) is 17.2 Å². The third-order valence-electron chi connectivity index (χ3n) is 6.31. The zero-order chi connectivity index (χ0) is 23.6. The second-order valence-corrected chi connectivity index (χ2v) is 9.70. The molecule has 4 heteroatoms. The lowest BCUT2D eigenvalue weighted by molar-refractivity contribution is 0.356. The van der Waals surface area contributed by atoms with Gasteiger partial charge in [0.2, 0.25) is 0 Å². The van der Waals surface area contributed by atoms with Crippen LogP contribution in [0.1, 0.15) is 58.1 Å². The monoisotopic (exact) mass is 442 g/mol. The second kappa shape index (κ2) is 9.30. The maximum Gasteiger partial charge on any atom is 0.169 e. The van der Waals surface area contributed by atoms with Gasteiger partial charge in [0.25, 0.3) is 0 Å². The van der Waals surface area contributed by atoms with Crippen molar-refractivity contribution in [1.82, 2.24) is 0 Å². The first kappa shape index (κ1) is 22.9. The van der Waals surface area contributed by atoms with E-state index in [-0.39, 0.29) is 5.54 Å². The number of aliphatic imine (C=N–C) groups is 1. The van der Waals surface area contributed by atoms with E-state index >= 15 is 0 Å². The lowest BCUT2D eigenvalue weighted by Crippen LogP contribution is -2.51. The predicted octanol–water partition coefficient (Wildman–Crippen LogP) is 7.74. The van der Waals surface area contributed by atoms with Crippen LogP contribution in [0.5, 0.6) is 17.2 Å². The van der Waals surface area contributed by atoms with E-state index in [4.69, 9.17) is 14.5 Å². The highest BCUT2D eigenvalue weighted by atomic mass is 16.5. The molecule has 33 heavy (non-hydrogen) atoms. The summed E-state index contributed by atoms with van der Waals surface area (Å²) in [6.45, 7) is 11.6. The van der Waals surface area contributed by atoms with Crippen LogP contribution >= 0.6 is 0 Å². The summed E-state index contributed by atoms with van der Waals surface area (Å²) in [5, 5.41) is 0. The SMILES string of the molecule is COc1ccccc1Oc1ccc(N=Cc2ccc3c(c2)[C@H](C)CC(C)(C)N3C(C)C)cc1. The van der Waals surface area contributed by atoms with Crippen LogP contribution in [0.3, 0.4) is 0 Å². The van der Waals surface area contributed by atoms with Crippen molar-refractivity contribution in [2.45, 2.75) is 58.5 Å². The Kier molecular flexibility index (Phi) is 6.46. The van der Waals surface area contributed by atoms with Crippen LogP contribution in [0.25, 0.3) is 0 Å². The molecule has 1 aliphatic heterocycles. The Bertz CT molecular complexity index is 1130. The van der Waals surface area contributed by atoms with Crippen molar-refractivity contribution in [1.29, 1.82) is 0 Å². The molecule has 0 N–H and O–H groups in total. The summed E-state index contributed by atoms with van der Waals surface area (Å²) in [5.74, 6) is 2.67. The topological polar surface area (TPSA) is 34.1 Å². The van der Waals surface area contributed by atoms with E-state index in [2.05, 4.69) is 57.7 Å². The summed E-state index contributed by atoms with van der Waals surface area (Å²) >= 11 is 0. The van der Waals surface area contributed by atoms with E-state index in [9.17, 15) is 0 Å². The van der Waals surface area contributed by atoms with E-state index in [0.717, 1.165) is 23.4 Å². The third kappa shape index (κ3) is 4.90. The smallest absolute Gasteiger partial charge is 0.169 e. The summed E-state index contributed by atoms with van der Waals surface area (Å²) in [6, 6.07) is 22.6. The number of hydrogen-bond acceptors (Lipinski definition) is 4.